The van der Waals surface area contributed by atoms with Gasteiger partial charge in [-0.05, 0) is 18.3 Å². The lowest BCUT2D eigenvalue weighted by molar-refractivity contribution is 0.304. The van der Waals surface area contributed by atoms with Crippen LogP contribution in [0.2, 0.25) is 0 Å². The van der Waals surface area contributed by atoms with E-state index < -0.39 is 0 Å². The van der Waals surface area contributed by atoms with E-state index in [2.05, 4.69) is 27.5 Å². The largest absolute Gasteiger partial charge is 0.347 e. The van der Waals surface area contributed by atoms with E-state index in [-0.39, 0.29) is 0 Å². The van der Waals surface area contributed by atoms with Crippen LogP contribution in [0.1, 0.15) is 44.0 Å². The van der Waals surface area contributed by atoms with Crippen LogP contribution in [0, 0.1) is 5.41 Å². The number of hydrogen-bond donors (Lipinski definition) is 3. The second-order valence-corrected chi connectivity index (χ2v) is 6.26. The van der Waals surface area contributed by atoms with Gasteiger partial charge in [0, 0.05) is 32.1 Å². The molecule has 1 saturated carbocycles. The lowest BCUT2D eigenvalue weighted by Gasteiger charge is -2.27. The van der Waals surface area contributed by atoms with E-state index in [4.69, 9.17) is 0 Å². The Morgan fingerprint density at radius 2 is 2.28 bits per heavy atom. The molecule has 0 radical (unpaired) electrons. The van der Waals surface area contributed by atoms with Crippen LogP contribution in [0.4, 0.5) is 0 Å². The smallest absolute Gasteiger partial charge is 0.0925 e. The fourth-order valence-electron chi connectivity index (χ4n) is 3.33. The molecule has 100 valence electrons. The van der Waals surface area contributed by atoms with Crippen molar-refractivity contribution in [3.8, 4) is 0 Å². The molecule has 0 amide bonds. The summed E-state index contributed by atoms with van der Waals surface area (Å²) in [6.07, 6.45) is 8.46. The Hall–Kier alpha value is -0.870. The number of fused-ring (bicyclic) bond motifs is 1. The highest BCUT2D eigenvalue weighted by Gasteiger charge is 2.28. The van der Waals surface area contributed by atoms with Crippen molar-refractivity contribution >= 4 is 0 Å². The zero-order chi connectivity index (χ0) is 12.4. The third-order valence-corrected chi connectivity index (χ3v) is 4.57. The molecule has 2 aliphatic rings. The summed E-state index contributed by atoms with van der Waals surface area (Å²) in [5.74, 6) is 0. The number of hydrogen-bond acceptors (Lipinski definition) is 3. The molecule has 4 heteroatoms. The van der Waals surface area contributed by atoms with Gasteiger partial charge in [0.25, 0.3) is 0 Å². The summed E-state index contributed by atoms with van der Waals surface area (Å²) in [4.78, 5) is 7.57. The van der Waals surface area contributed by atoms with Gasteiger partial charge in [0.05, 0.1) is 17.7 Å². The predicted molar refractivity (Wildman–Crippen MR) is 72.4 cm³/mol. The molecule has 0 saturated heterocycles. The molecule has 1 fully saturated rings. The molecule has 1 unspecified atom stereocenters. The third-order valence-electron chi connectivity index (χ3n) is 4.57. The van der Waals surface area contributed by atoms with E-state index in [9.17, 15) is 0 Å². The van der Waals surface area contributed by atoms with Crippen molar-refractivity contribution < 1.29 is 0 Å². The van der Waals surface area contributed by atoms with Gasteiger partial charge in [0.1, 0.15) is 0 Å². The molecule has 1 aromatic rings. The zero-order valence-electron chi connectivity index (χ0n) is 11.3. The van der Waals surface area contributed by atoms with Crippen LogP contribution in [0.15, 0.2) is 6.33 Å². The SMILES string of the molecule is CC1(CNCC2Cc3nc[nH]c3CN2)CCCC1. The Bertz CT molecular complexity index is 392. The Morgan fingerprint density at radius 1 is 1.44 bits per heavy atom. The van der Waals surface area contributed by atoms with Crippen LogP contribution in [0.5, 0.6) is 0 Å². The fourth-order valence-corrected chi connectivity index (χ4v) is 3.33. The van der Waals surface area contributed by atoms with E-state index in [1.165, 1.54) is 43.6 Å². The molecule has 0 aromatic carbocycles. The summed E-state index contributed by atoms with van der Waals surface area (Å²) in [6.45, 7) is 5.58. The molecule has 18 heavy (non-hydrogen) atoms. The summed E-state index contributed by atoms with van der Waals surface area (Å²) in [6, 6.07) is 0.533. The maximum atomic E-state index is 4.38. The van der Waals surface area contributed by atoms with Crippen LogP contribution in [-0.2, 0) is 13.0 Å². The highest BCUT2D eigenvalue weighted by atomic mass is 15.0. The van der Waals surface area contributed by atoms with Crippen molar-refractivity contribution in [2.75, 3.05) is 13.1 Å². The molecule has 0 bridgehead atoms. The molecule has 4 nitrogen and oxygen atoms in total. The van der Waals surface area contributed by atoms with Crippen molar-refractivity contribution in [2.45, 2.75) is 51.6 Å². The number of aromatic amines is 1. The van der Waals surface area contributed by atoms with Crippen LogP contribution < -0.4 is 10.6 Å². The summed E-state index contributed by atoms with van der Waals surface area (Å²) >= 11 is 0. The van der Waals surface area contributed by atoms with Gasteiger partial charge in [-0.2, -0.15) is 0 Å². The standard InChI is InChI=1S/C14H24N4/c1-14(4-2-3-5-14)9-15-7-11-6-12-13(8-16-11)18-10-17-12/h10-11,15-16H,2-9H2,1H3,(H,17,18). The Morgan fingerprint density at radius 3 is 3.11 bits per heavy atom. The molecular weight excluding hydrogens is 224 g/mol. The lowest BCUT2D eigenvalue weighted by Crippen LogP contribution is -2.45. The molecule has 1 aliphatic heterocycles. The summed E-state index contributed by atoms with van der Waals surface area (Å²) in [5, 5.41) is 7.23. The van der Waals surface area contributed by atoms with E-state index in [0.717, 1.165) is 19.5 Å². The monoisotopic (exact) mass is 248 g/mol. The van der Waals surface area contributed by atoms with Gasteiger partial charge in [0.2, 0.25) is 0 Å². The Labute approximate surface area is 109 Å². The van der Waals surface area contributed by atoms with Crippen molar-refractivity contribution in [3.63, 3.8) is 0 Å². The van der Waals surface area contributed by atoms with Crippen LogP contribution in [0.25, 0.3) is 0 Å². The second-order valence-electron chi connectivity index (χ2n) is 6.26. The quantitative estimate of drug-likeness (QED) is 0.758. The minimum atomic E-state index is 0.533. The first kappa shape index (κ1) is 12.2. The van der Waals surface area contributed by atoms with Crippen molar-refractivity contribution in [3.05, 3.63) is 17.7 Å². The Kier molecular flexibility index (Phi) is 3.39. The minimum Gasteiger partial charge on any atom is -0.347 e. The second kappa shape index (κ2) is 5.02. The van der Waals surface area contributed by atoms with Gasteiger partial charge in [-0.25, -0.2) is 4.98 Å². The molecule has 3 N–H and O–H groups in total. The summed E-state index contributed by atoms with van der Waals surface area (Å²) in [5.41, 5.74) is 3.05. The molecule has 0 spiro atoms. The zero-order valence-corrected chi connectivity index (χ0v) is 11.3. The van der Waals surface area contributed by atoms with Crippen molar-refractivity contribution in [2.24, 2.45) is 5.41 Å². The van der Waals surface area contributed by atoms with Crippen LogP contribution in [-0.4, -0.2) is 29.1 Å². The highest BCUT2D eigenvalue weighted by Crippen LogP contribution is 2.36. The number of H-pyrrole nitrogens is 1. The molecule has 2 heterocycles. The average molecular weight is 248 g/mol. The van der Waals surface area contributed by atoms with Gasteiger partial charge in [-0.3, -0.25) is 0 Å². The third kappa shape index (κ3) is 2.59. The minimum absolute atomic E-state index is 0.533. The number of rotatable bonds is 4. The first-order valence-corrected chi connectivity index (χ1v) is 7.20. The van der Waals surface area contributed by atoms with E-state index in [1.807, 2.05) is 6.33 Å². The Balaban J connectivity index is 1.44. The number of nitrogens with zero attached hydrogens (tertiary/aromatic N) is 1. The van der Waals surface area contributed by atoms with Crippen LogP contribution in [0.3, 0.4) is 0 Å². The fraction of sp³-hybridized carbons (Fsp3) is 0.786. The normalized spacial score (nSPS) is 26.2. The van der Waals surface area contributed by atoms with E-state index >= 15 is 0 Å². The molecule has 1 atom stereocenters. The number of nitrogens with one attached hydrogen (secondary N) is 3. The van der Waals surface area contributed by atoms with Gasteiger partial charge in [0.15, 0.2) is 0 Å². The molecular formula is C14H24N4. The molecule has 1 aliphatic carbocycles. The summed E-state index contributed by atoms with van der Waals surface area (Å²) < 4.78 is 0. The predicted octanol–water partition coefficient (Wildman–Crippen LogP) is 1.59. The van der Waals surface area contributed by atoms with Crippen molar-refractivity contribution in [1.29, 1.82) is 0 Å². The first-order chi connectivity index (χ1) is 8.75. The van der Waals surface area contributed by atoms with E-state index in [0.29, 0.717) is 11.5 Å². The lowest BCUT2D eigenvalue weighted by atomic mass is 9.89. The van der Waals surface area contributed by atoms with Gasteiger partial charge in [-0.15, -0.1) is 0 Å². The molecule has 3 rings (SSSR count). The van der Waals surface area contributed by atoms with Gasteiger partial charge in [-0.1, -0.05) is 19.8 Å². The first-order valence-electron chi connectivity index (χ1n) is 7.20. The van der Waals surface area contributed by atoms with Gasteiger partial charge >= 0.3 is 0 Å². The van der Waals surface area contributed by atoms with Crippen LogP contribution >= 0.6 is 0 Å². The number of aromatic nitrogens is 2. The summed E-state index contributed by atoms with van der Waals surface area (Å²) in [7, 11) is 0. The van der Waals surface area contributed by atoms with Crippen molar-refractivity contribution in [1.82, 2.24) is 20.6 Å². The van der Waals surface area contributed by atoms with Gasteiger partial charge < -0.3 is 15.6 Å². The highest BCUT2D eigenvalue weighted by molar-refractivity contribution is 5.15. The molecule has 1 aromatic heterocycles. The maximum Gasteiger partial charge on any atom is 0.0925 e. The van der Waals surface area contributed by atoms with E-state index in [1.54, 1.807) is 0 Å². The maximum absolute atomic E-state index is 4.38. The number of imidazole rings is 1. The topological polar surface area (TPSA) is 52.7 Å². The average Bonchev–Trinajstić information content (AvgIpc) is 2.97.